The number of ether oxygens (including phenoxy) is 1. The van der Waals surface area contributed by atoms with Crippen molar-refractivity contribution < 1.29 is 23.1 Å². The zero-order valence-corrected chi connectivity index (χ0v) is 12.2. The zero-order valence-electron chi connectivity index (χ0n) is 11.3. The molecule has 0 bridgehead atoms. The van der Waals surface area contributed by atoms with Crippen molar-refractivity contribution in [3.8, 4) is 11.5 Å². The standard InChI is InChI=1S/C12H18N2O5S/c1-19-11-5-4-9(8-10(11)15)12(16)13-6-3-7-14-20(2,17)18/h4-5,8,14-15H,3,6-7H2,1-2H3,(H,13,16). The van der Waals surface area contributed by atoms with E-state index in [2.05, 4.69) is 10.0 Å². The summed E-state index contributed by atoms with van der Waals surface area (Å²) in [6.07, 6.45) is 1.55. The van der Waals surface area contributed by atoms with Crippen molar-refractivity contribution >= 4 is 15.9 Å². The topological polar surface area (TPSA) is 105 Å². The Bertz CT molecular complexity index is 571. The van der Waals surface area contributed by atoms with Crippen LogP contribution in [0.15, 0.2) is 18.2 Å². The molecule has 0 unspecified atom stereocenters. The van der Waals surface area contributed by atoms with E-state index in [-0.39, 0.29) is 18.2 Å². The van der Waals surface area contributed by atoms with E-state index in [0.717, 1.165) is 6.26 Å². The van der Waals surface area contributed by atoms with Crippen LogP contribution in [0.25, 0.3) is 0 Å². The van der Waals surface area contributed by atoms with E-state index < -0.39 is 10.0 Å². The first-order valence-electron chi connectivity index (χ1n) is 5.93. The van der Waals surface area contributed by atoms with Gasteiger partial charge in [-0.1, -0.05) is 0 Å². The number of hydrogen-bond donors (Lipinski definition) is 3. The fourth-order valence-corrected chi connectivity index (χ4v) is 2.00. The van der Waals surface area contributed by atoms with E-state index in [4.69, 9.17) is 4.74 Å². The number of carbonyl (C=O) groups is 1. The zero-order chi connectivity index (χ0) is 15.2. The Morgan fingerprint density at radius 3 is 2.60 bits per heavy atom. The molecule has 0 radical (unpaired) electrons. The molecule has 0 aliphatic rings. The van der Waals surface area contributed by atoms with Gasteiger partial charge >= 0.3 is 0 Å². The van der Waals surface area contributed by atoms with Gasteiger partial charge in [-0.2, -0.15) is 0 Å². The number of carbonyl (C=O) groups excluding carboxylic acids is 1. The van der Waals surface area contributed by atoms with Gasteiger partial charge in [0, 0.05) is 18.7 Å². The number of rotatable bonds is 7. The first kappa shape index (κ1) is 16.3. The molecule has 0 saturated carbocycles. The van der Waals surface area contributed by atoms with Gasteiger partial charge in [-0.25, -0.2) is 13.1 Å². The van der Waals surface area contributed by atoms with E-state index in [1.807, 2.05) is 0 Å². The summed E-state index contributed by atoms with van der Waals surface area (Å²) in [5, 5.41) is 12.2. The largest absolute Gasteiger partial charge is 0.504 e. The minimum Gasteiger partial charge on any atom is -0.504 e. The number of hydrogen-bond acceptors (Lipinski definition) is 5. The van der Waals surface area contributed by atoms with E-state index in [1.54, 1.807) is 0 Å². The summed E-state index contributed by atoms with van der Waals surface area (Å²) in [4.78, 5) is 11.8. The highest BCUT2D eigenvalue weighted by molar-refractivity contribution is 7.88. The van der Waals surface area contributed by atoms with E-state index in [0.29, 0.717) is 24.3 Å². The quantitative estimate of drug-likeness (QED) is 0.618. The summed E-state index contributed by atoms with van der Waals surface area (Å²) in [5.41, 5.74) is 0.305. The van der Waals surface area contributed by atoms with Gasteiger partial charge in [0.1, 0.15) is 0 Å². The summed E-state index contributed by atoms with van der Waals surface area (Å²) in [6.45, 7) is 0.584. The molecule has 0 aliphatic heterocycles. The first-order valence-corrected chi connectivity index (χ1v) is 7.82. The van der Waals surface area contributed by atoms with Crippen LogP contribution in [0.4, 0.5) is 0 Å². The van der Waals surface area contributed by atoms with Crippen molar-refractivity contribution in [2.24, 2.45) is 0 Å². The molecule has 0 aliphatic carbocycles. The van der Waals surface area contributed by atoms with Gasteiger partial charge in [0.15, 0.2) is 11.5 Å². The van der Waals surface area contributed by atoms with Crippen molar-refractivity contribution in [2.45, 2.75) is 6.42 Å². The Morgan fingerprint density at radius 2 is 2.05 bits per heavy atom. The minimum atomic E-state index is -3.20. The van der Waals surface area contributed by atoms with Gasteiger partial charge in [0.25, 0.3) is 5.91 Å². The average molecular weight is 302 g/mol. The lowest BCUT2D eigenvalue weighted by molar-refractivity contribution is 0.0953. The normalized spacial score (nSPS) is 11.1. The van der Waals surface area contributed by atoms with Gasteiger partial charge < -0.3 is 15.2 Å². The summed E-state index contributed by atoms with van der Waals surface area (Å²) in [6, 6.07) is 4.33. The highest BCUT2D eigenvalue weighted by Crippen LogP contribution is 2.25. The molecule has 0 spiro atoms. The summed E-state index contributed by atoms with van der Waals surface area (Å²) < 4.78 is 28.8. The smallest absolute Gasteiger partial charge is 0.251 e. The van der Waals surface area contributed by atoms with Crippen LogP contribution in [0.5, 0.6) is 11.5 Å². The minimum absolute atomic E-state index is 0.112. The Hall–Kier alpha value is -1.80. The molecular formula is C12H18N2O5S. The van der Waals surface area contributed by atoms with E-state index in [1.165, 1.54) is 25.3 Å². The number of methoxy groups -OCH3 is 1. The second-order valence-corrected chi connectivity index (χ2v) is 6.00. The van der Waals surface area contributed by atoms with Crippen molar-refractivity contribution in [3.05, 3.63) is 23.8 Å². The molecule has 0 atom stereocenters. The summed E-state index contributed by atoms with van der Waals surface area (Å²) >= 11 is 0. The van der Waals surface area contributed by atoms with Crippen LogP contribution >= 0.6 is 0 Å². The number of phenols is 1. The highest BCUT2D eigenvalue weighted by atomic mass is 32.2. The maximum atomic E-state index is 11.8. The molecule has 1 aromatic carbocycles. The Morgan fingerprint density at radius 1 is 1.35 bits per heavy atom. The summed E-state index contributed by atoms with van der Waals surface area (Å²) in [5.74, 6) is -0.167. The molecule has 0 heterocycles. The third kappa shape index (κ3) is 5.45. The molecule has 1 amide bonds. The van der Waals surface area contributed by atoms with Gasteiger partial charge in [-0.05, 0) is 24.6 Å². The maximum Gasteiger partial charge on any atom is 0.251 e. The number of nitrogens with one attached hydrogen (secondary N) is 2. The molecule has 0 saturated heterocycles. The number of aromatic hydroxyl groups is 1. The van der Waals surface area contributed by atoms with E-state index in [9.17, 15) is 18.3 Å². The second kappa shape index (κ2) is 7.11. The lowest BCUT2D eigenvalue weighted by Crippen LogP contribution is -2.29. The highest BCUT2D eigenvalue weighted by Gasteiger charge is 2.09. The third-order valence-corrected chi connectivity index (χ3v) is 3.17. The lowest BCUT2D eigenvalue weighted by Gasteiger charge is -2.07. The van der Waals surface area contributed by atoms with Crippen LogP contribution in [0, 0.1) is 0 Å². The van der Waals surface area contributed by atoms with Gasteiger partial charge in [0.05, 0.1) is 13.4 Å². The number of phenolic OH excluding ortho intramolecular Hbond substituents is 1. The van der Waals surface area contributed by atoms with Crippen molar-refractivity contribution in [3.63, 3.8) is 0 Å². The molecule has 112 valence electrons. The Balaban J connectivity index is 2.42. The first-order chi connectivity index (χ1) is 9.33. The van der Waals surface area contributed by atoms with Gasteiger partial charge in [-0.3, -0.25) is 4.79 Å². The molecule has 7 nitrogen and oxygen atoms in total. The van der Waals surface area contributed by atoms with Crippen LogP contribution in [-0.2, 0) is 10.0 Å². The van der Waals surface area contributed by atoms with Gasteiger partial charge in [0.2, 0.25) is 10.0 Å². The van der Waals surface area contributed by atoms with Crippen LogP contribution in [0.3, 0.4) is 0 Å². The van der Waals surface area contributed by atoms with Crippen LogP contribution in [0.2, 0.25) is 0 Å². The molecule has 8 heteroatoms. The third-order valence-electron chi connectivity index (χ3n) is 2.44. The number of benzene rings is 1. The van der Waals surface area contributed by atoms with Crippen molar-refractivity contribution in [2.75, 3.05) is 26.5 Å². The van der Waals surface area contributed by atoms with E-state index >= 15 is 0 Å². The van der Waals surface area contributed by atoms with Gasteiger partial charge in [-0.15, -0.1) is 0 Å². The Kier molecular flexibility index (Phi) is 5.78. The molecule has 0 aromatic heterocycles. The van der Waals surface area contributed by atoms with Crippen LogP contribution < -0.4 is 14.8 Å². The lowest BCUT2D eigenvalue weighted by atomic mass is 10.2. The molecule has 3 N–H and O–H groups in total. The fourth-order valence-electron chi connectivity index (χ4n) is 1.48. The van der Waals surface area contributed by atoms with Crippen LogP contribution in [-0.4, -0.2) is 45.9 Å². The molecule has 0 fully saturated rings. The van der Waals surface area contributed by atoms with Crippen molar-refractivity contribution in [1.82, 2.24) is 10.0 Å². The molecular weight excluding hydrogens is 284 g/mol. The predicted octanol–water partition coefficient (Wildman–Crippen LogP) is 0.0699. The maximum absolute atomic E-state index is 11.8. The SMILES string of the molecule is COc1ccc(C(=O)NCCCNS(C)(=O)=O)cc1O. The number of amides is 1. The number of sulfonamides is 1. The monoisotopic (exact) mass is 302 g/mol. The molecule has 20 heavy (non-hydrogen) atoms. The average Bonchev–Trinajstić information content (AvgIpc) is 2.36. The van der Waals surface area contributed by atoms with Crippen LogP contribution in [0.1, 0.15) is 16.8 Å². The molecule has 1 rings (SSSR count). The predicted molar refractivity (Wildman–Crippen MR) is 74.5 cm³/mol. The van der Waals surface area contributed by atoms with Crippen molar-refractivity contribution in [1.29, 1.82) is 0 Å². The fraction of sp³-hybridized carbons (Fsp3) is 0.417. The molecule has 1 aromatic rings. The summed E-state index contributed by atoms with van der Waals surface area (Å²) in [7, 11) is -1.78. The second-order valence-electron chi connectivity index (χ2n) is 4.16. The Labute approximate surface area is 118 Å².